The van der Waals surface area contributed by atoms with Crippen LogP contribution in [-0.2, 0) is 16.2 Å². The Morgan fingerprint density at radius 2 is 1.75 bits per heavy atom. The number of hydrogen-bond acceptors (Lipinski definition) is 10. The first kappa shape index (κ1) is 23.3. The van der Waals surface area contributed by atoms with Crippen molar-refractivity contribution in [2.24, 2.45) is 0 Å². The summed E-state index contributed by atoms with van der Waals surface area (Å²) in [5, 5.41) is 4.70. The van der Waals surface area contributed by atoms with Gasteiger partial charge < -0.3 is 9.47 Å². The predicted molar refractivity (Wildman–Crippen MR) is 104 cm³/mol. The number of anilines is 1. The first-order valence-electron chi connectivity index (χ1n) is 8.30. The average molecular weight is 493 g/mol. The second kappa shape index (κ2) is 8.65. The van der Waals surface area contributed by atoms with Crippen molar-refractivity contribution in [3.63, 3.8) is 0 Å². The lowest BCUT2D eigenvalue weighted by atomic mass is 10.5. The minimum atomic E-state index is -5.14. The first-order chi connectivity index (χ1) is 15.0. The Kier molecular flexibility index (Phi) is 6.31. The van der Waals surface area contributed by atoms with Gasteiger partial charge in [0.15, 0.2) is 11.3 Å². The zero-order valence-corrected chi connectivity index (χ0v) is 18.1. The van der Waals surface area contributed by atoms with Crippen LogP contribution in [0.5, 0.6) is 11.8 Å². The third-order valence-electron chi connectivity index (χ3n) is 3.69. The van der Waals surface area contributed by atoms with E-state index in [0.29, 0.717) is 4.52 Å². The fourth-order valence-electron chi connectivity index (χ4n) is 2.40. The van der Waals surface area contributed by atoms with Crippen molar-refractivity contribution < 1.29 is 35.9 Å². The number of rotatable bonds is 6. The molecular weight excluding hydrogens is 479 g/mol. The maximum absolute atomic E-state index is 13.5. The number of imidazole rings is 1. The summed E-state index contributed by atoms with van der Waals surface area (Å²) >= 11 is 1.07. The maximum Gasteiger partial charge on any atom is 0.436 e. The number of amides is 2. The molecule has 3 aromatic heterocycles. The highest BCUT2D eigenvalue weighted by atomic mass is 32.2. The van der Waals surface area contributed by atoms with Crippen molar-refractivity contribution in [1.82, 2.24) is 29.3 Å². The summed E-state index contributed by atoms with van der Waals surface area (Å²) in [5.41, 5.74) is -2.11. The van der Waals surface area contributed by atoms with Crippen molar-refractivity contribution >= 4 is 39.4 Å². The molecule has 0 fully saturated rings. The molecule has 0 aliphatic carbocycles. The molecule has 3 rings (SSSR count). The van der Waals surface area contributed by atoms with Crippen molar-refractivity contribution in [3.05, 3.63) is 23.9 Å². The van der Waals surface area contributed by atoms with Gasteiger partial charge in [-0.25, -0.2) is 14.5 Å². The van der Waals surface area contributed by atoms with E-state index in [2.05, 4.69) is 20.1 Å². The molecule has 3 aromatic rings. The zero-order valence-electron chi connectivity index (χ0n) is 16.5. The van der Waals surface area contributed by atoms with Crippen LogP contribution in [0.2, 0.25) is 0 Å². The molecule has 12 nitrogen and oxygen atoms in total. The van der Waals surface area contributed by atoms with E-state index in [1.165, 1.54) is 37.1 Å². The highest BCUT2D eigenvalue weighted by molar-refractivity contribution is 7.98. The lowest BCUT2D eigenvalue weighted by Gasteiger charge is -2.11. The molecule has 32 heavy (non-hydrogen) atoms. The molecule has 0 saturated carbocycles. The van der Waals surface area contributed by atoms with Gasteiger partial charge in [0.2, 0.25) is 22.7 Å². The Hall–Kier alpha value is -3.34. The van der Waals surface area contributed by atoms with E-state index >= 15 is 0 Å². The number of ether oxygens (including phenoxy) is 2. The van der Waals surface area contributed by atoms with E-state index in [4.69, 9.17) is 9.47 Å². The van der Waals surface area contributed by atoms with E-state index in [-0.39, 0.29) is 22.4 Å². The third-order valence-corrected chi connectivity index (χ3v) is 5.66. The van der Waals surface area contributed by atoms with E-state index in [0.717, 1.165) is 11.8 Å². The molecule has 3 heterocycles. The summed E-state index contributed by atoms with van der Waals surface area (Å²) in [6.07, 6.45) is -3.55. The fraction of sp³-hybridized carbons (Fsp3) is 0.267. The summed E-state index contributed by atoms with van der Waals surface area (Å²) in [6, 6.07) is 2.38. The molecule has 2 amide bonds. The van der Waals surface area contributed by atoms with Crippen LogP contribution >= 0.6 is 11.8 Å². The number of thioether (sulfide) groups is 1. The number of carbonyl (C=O) groups excluding carboxylic acids is 1. The smallest absolute Gasteiger partial charge is 0.436 e. The van der Waals surface area contributed by atoms with Crippen LogP contribution < -0.4 is 19.5 Å². The topological polar surface area (TPSA) is 150 Å². The van der Waals surface area contributed by atoms with Crippen molar-refractivity contribution in [2.45, 2.75) is 16.2 Å². The summed E-state index contributed by atoms with van der Waals surface area (Å²) in [7, 11) is -2.56. The SMILES string of the molecule is COc1cc(OC)nc(NC(=O)NS(=O)(=O)c2c(C(F)(F)F)nc3ccc(SC)nn23)n1. The van der Waals surface area contributed by atoms with Crippen LogP contribution in [0.3, 0.4) is 0 Å². The van der Waals surface area contributed by atoms with Crippen LogP contribution in [0, 0.1) is 0 Å². The van der Waals surface area contributed by atoms with E-state index in [1.54, 1.807) is 6.26 Å². The number of sulfonamides is 1. The highest BCUT2D eigenvalue weighted by Crippen LogP contribution is 2.34. The number of alkyl halides is 3. The van der Waals surface area contributed by atoms with Crippen molar-refractivity contribution in [2.75, 3.05) is 25.8 Å². The Bertz CT molecular complexity index is 1260. The van der Waals surface area contributed by atoms with Gasteiger partial charge in [-0.3, -0.25) is 5.32 Å². The number of nitrogens with one attached hydrogen (secondary N) is 2. The standard InChI is InChI=1S/C15H14F3N7O5S2/c1-29-8-6-9(30-2)21-13(20-8)22-14(26)24-32(27,28)12-11(15(16,17)18)19-7-4-5-10(31-3)23-25(7)12/h4-6H,1-3H3,(H2,20,21,22,24,26). The van der Waals surface area contributed by atoms with Crippen LogP contribution in [0.1, 0.15) is 5.69 Å². The van der Waals surface area contributed by atoms with Gasteiger partial charge in [-0.05, 0) is 18.4 Å². The van der Waals surface area contributed by atoms with Crippen LogP contribution in [0.4, 0.5) is 23.9 Å². The number of nitrogens with zero attached hydrogens (tertiary/aromatic N) is 5. The number of aromatic nitrogens is 5. The highest BCUT2D eigenvalue weighted by Gasteiger charge is 2.43. The minimum Gasteiger partial charge on any atom is -0.481 e. The van der Waals surface area contributed by atoms with E-state index in [1.807, 2.05) is 5.32 Å². The summed E-state index contributed by atoms with van der Waals surface area (Å²) < 4.78 is 77.8. The molecule has 0 saturated heterocycles. The first-order valence-corrected chi connectivity index (χ1v) is 11.0. The van der Waals surface area contributed by atoms with Gasteiger partial charge in [0.25, 0.3) is 10.0 Å². The number of hydrogen-bond donors (Lipinski definition) is 2. The van der Waals surface area contributed by atoms with Crippen LogP contribution in [0.15, 0.2) is 28.3 Å². The molecule has 0 unspecified atom stereocenters. The van der Waals surface area contributed by atoms with Crippen molar-refractivity contribution in [3.8, 4) is 11.8 Å². The van der Waals surface area contributed by atoms with E-state index in [9.17, 15) is 26.4 Å². The second-order valence-electron chi connectivity index (χ2n) is 5.74. The van der Waals surface area contributed by atoms with Gasteiger partial charge in [0, 0.05) is 0 Å². The summed E-state index contributed by atoms with van der Waals surface area (Å²) in [4.78, 5) is 23.1. The summed E-state index contributed by atoms with van der Waals surface area (Å²) in [6.45, 7) is 0. The van der Waals surface area contributed by atoms with Gasteiger partial charge in [-0.15, -0.1) is 11.8 Å². The Morgan fingerprint density at radius 1 is 1.12 bits per heavy atom. The fourth-order valence-corrected chi connectivity index (χ4v) is 3.93. The largest absolute Gasteiger partial charge is 0.481 e. The zero-order chi connectivity index (χ0) is 23.7. The Labute approximate surface area is 182 Å². The quantitative estimate of drug-likeness (QED) is 0.487. The molecule has 0 radical (unpaired) electrons. The predicted octanol–water partition coefficient (Wildman–Crippen LogP) is 1.79. The van der Waals surface area contributed by atoms with Crippen molar-refractivity contribution in [1.29, 1.82) is 0 Å². The molecular formula is C15H14F3N7O5S2. The van der Waals surface area contributed by atoms with Gasteiger partial charge in [0.05, 0.1) is 20.3 Å². The van der Waals surface area contributed by atoms with Gasteiger partial charge in [-0.1, -0.05) is 0 Å². The average Bonchev–Trinajstić information content (AvgIpc) is 3.13. The normalized spacial score (nSPS) is 11.9. The van der Waals surface area contributed by atoms with Gasteiger partial charge in [-0.2, -0.15) is 41.2 Å². The lowest BCUT2D eigenvalue weighted by Crippen LogP contribution is -2.36. The van der Waals surface area contributed by atoms with Crippen LogP contribution in [0.25, 0.3) is 5.65 Å². The molecule has 0 aliphatic rings. The Morgan fingerprint density at radius 3 is 2.28 bits per heavy atom. The number of carbonyl (C=O) groups is 1. The lowest BCUT2D eigenvalue weighted by molar-refractivity contribution is -0.143. The number of fused-ring (bicyclic) bond motifs is 1. The number of urea groups is 1. The molecule has 0 spiro atoms. The molecule has 0 aliphatic heterocycles. The molecule has 2 N–H and O–H groups in total. The van der Waals surface area contributed by atoms with Gasteiger partial charge in [0.1, 0.15) is 5.03 Å². The summed E-state index contributed by atoms with van der Waals surface area (Å²) in [5.74, 6) is -0.472. The van der Waals surface area contributed by atoms with E-state index < -0.39 is 38.9 Å². The molecule has 0 atom stereocenters. The Balaban J connectivity index is 2.00. The monoisotopic (exact) mass is 493 g/mol. The molecule has 0 bridgehead atoms. The maximum atomic E-state index is 13.5. The number of methoxy groups -OCH3 is 2. The number of halogens is 3. The minimum absolute atomic E-state index is 0.0232. The molecule has 0 aromatic carbocycles. The third kappa shape index (κ3) is 4.77. The molecule has 172 valence electrons. The molecule has 17 heteroatoms. The second-order valence-corrected chi connectivity index (χ2v) is 8.17. The van der Waals surface area contributed by atoms with Crippen LogP contribution in [-0.4, -0.2) is 59.5 Å². The van der Waals surface area contributed by atoms with Gasteiger partial charge >= 0.3 is 12.2 Å².